The number of anilines is 1. The van der Waals surface area contributed by atoms with Gasteiger partial charge in [0.2, 0.25) is 5.91 Å². The largest absolute Gasteiger partial charge is 0.507 e. The number of halogens is 1. The molecule has 0 saturated carbocycles. The van der Waals surface area contributed by atoms with E-state index in [1.165, 1.54) is 6.92 Å². The van der Waals surface area contributed by atoms with Gasteiger partial charge in [0.25, 0.3) is 0 Å². The normalized spacial score (nSPS) is 10.9. The topological polar surface area (TPSA) is 61.7 Å². The number of hydrogen-bond acceptors (Lipinski definition) is 3. The number of nitrogens with zero attached hydrogens (tertiary/aromatic N) is 1. The lowest BCUT2D eigenvalue weighted by molar-refractivity contribution is -0.114. The molecular weight excluding hydrogens is 360 g/mol. The molecule has 0 spiro atoms. The van der Waals surface area contributed by atoms with Crippen LogP contribution < -0.4 is 5.32 Å². The molecule has 0 bridgehead atoms. The fraction of sp³-hybridized carbons (Fsp3) is 0.0909. The number of rotatable bonds is 5. The van der Waals surface area contributed by atoms with Crippen molar-refractivity contribution in [3.8, 4) is 5.75 Å². The van der Waals surface area contributed by atoms with Gasteiger partial charge in [0.1, 0.15) is 5.75 Å². The van der Waals surface area contributed by atoms with Crippen LogP contribution >= 0.6 is 11.6 Å². The highest BCUT2D eigenvalue weighted by atomic mass is 35.5. The predicted octanol–water partition coefficient (Wildman–Crippen LogP) is 5.35. The average Bonchev–Trinajstić information content (AvgIpc) is 2.64. The van der Waals surface area contributed by atoms with Crippen LogP contribution in [0.25, 0.3) is 0 Å². The molecule has 0 heterocycles. The van der Waals surface area contributed by atoms with Crippen molar-refractivity contribution >= 4 is 35.1 Å². The minimum atomic E-state index is -0.138. The molecule has 0 atom stereocenters. The van der Waals surface area contributed by atoms with Crippen LogP contribution in [0, 0.1) is 0 Å². The van der Waals surface area contributed by atoms with Crippen LogP contribution in [0.15, 0.2) is 71.7 Å². The third kappa shape index (κ3) is 5.19. The van der Waals surface area contributed by atoms with Gasteiger partial charge in [0.05, 0.1) is 5.69 Å². The molecule has 5 heteroatoms. The molecular formula is C22H19ClN2O2. The van der Waals surface area contributed by atoms with Crippen LogP contribution in [0.2, 0.25) is 5.02 Å². The summed E-state index contributed by atoms with van der Waals surface area (Å²) in [6.07, 6.45) is 2.27. The molecule has 4 nitrogen and oxygen atoms in total. The second-order valence-electron chi connectivity index (χ2n) is 6.15. The molecule has 0 aliphatic heterocycles. The summed E-state index contributed by atoms with van der Waals surface area (Å²) in [4.78, 5) is 15.6. The Labute approximate surface area is 163 Å². The Kier molecular flexibility index (Phi) is 5.89. The molecule has 3 rings (SSSR count). The lowest BCUT2D eigenvalue weighted by atomic mass is 10.0. The maximum atomic E-state index is 11.2. The molecule has 0 aromatic heterocycles. The minimum absolute atomic E-state index is 0.138. The van der Waals surface area contributed by atoms with Gasteiger partial charge in [-0.25, -0.2) is 0 Å². The van der Waals surface area contributed by atoms with Gasteiger partial charge in [-0.05, 0) is 53.9 Å². The van der Waals surface area contributed by atoms with Crippen molar-refractivity contribution in [3.05, 3.63) is 88.4 Å². The number of amides is 1. The number of carbonyl (C=O) groups excluding carboxylic acids is 1. The van der Waals surface area contributed by atoms with Gasteiger partial charge in [0.15, 0.2) is 0 Å². The molecule has 0 fully saturated rings. The summed E-state index contributed by atoms with van der Waals surface area (Å²) in [5.74, 6) is 0.0146. The molecule has 0 saturated heterocycles. The van der Waals surface area contributed by atoms with E-state index in [1.807, 2.05) is 48.5 Å². The zero-order chi connectivity index (χ0) is 19.2. The summed E-state index contributed by atoms with van der Waals surface area (Å²) in [7, 11) is 0. The number of benzene rings is 3. The van der Waals surface area contributed by atoms with Gasteiger partial charge in [-0.15, -0.1) is 0 Å². The van der Waals surface area contributed by atoms with E-state index < -0.39 is 0 Å². The highest BCUT2D eigenvalue weighted by Gasteiger charge is 2.05. The van der Waals surface area contributed by atoms with E-state index in [4.69, 9.17) is 11.6 Å². The third-order valence-corrected chi connectivity index (χ3v) is 4.33. The molecule has 0 radical (unpaired) electrons. The minimum Gasteiger partial charge on any atom is -0.507 e. The van der Waals surface area contributed by atoms with E-state index in [-0.39, 0.29) is 11.7 Å². The molecule has 136 valence electrons. The SMILES string of the molecule is CC(=O)Nc1cccc(N=Cc2cc(Cc3ccccc3Cl)ccc2O)c1. The first-order valence-corrected chi connectivity index (χ1v) is 8.86. The lowest BCUT2D eigenvalue weighted by Crippen LogP contribution is -2.05. The van der Waals surface area contributed by atoms with E-state index in [1.54, 1.807) is 24.4 Å². The number of nitrogens with one attached hydrogen (secondary N) is 1. The number of carbonyl (C=O) groups is 1. The van der Waals surface area contributed by atoms with E-state index in [2.05, 4.69) is 10.3 Å². The first-order chi connectivity index (χ1) is 13.0. The highest BCUT2D eigenvalue weighted by molar-refractivity contribution is 6.31. The molecule has 2 N–H and O–H groups in total. The Hall–Kier alpha value is -3.11. The Morgan fingerprint density at radius 2 is 1.93 bits per heavy atom. The third-order valence-electron chi connectivity index (χ3n) is 3.96. The van der Waals surface area contributed by atoms with Crippen molar-refractivity contribution in [2.75, 3.05) is 5.32 Å². The average molecular weight is 379 g/mol. The highest BCUT2D eigenvalue weighted by Crippen LogP contribution is 2.24. The molecule has 3 aromatic carbocycles. The van der Waals surface area contributed by atoms with Crippen LogP contribution in [-0.2, 0) is 11.2 Å². The summed E-state index contributed by atoms with van der Waals surface area (Å²) in [5.41, 5.74) is 4.01. The Morgan fingerprint density at radius 3 is 2.70 bits per heavy atom. The number of phenols is 1. The van der Waals surface area contributed by atoms with Gasteiger partial charge in [-0.3, -0.25) is 9.79 Å². The summed E-state index contributed by atoms with van der Waals surface area (Å²) in [6.45, 7) is 1.46. The van der Waals surface area contributed by atoms with Gasteiger partial charge in [-0.2, -0.15) is 0 Å². The summed E-state index contributed by atoms with van der Waals surface area (Å²) >= 11 is 6.23. The maximum Gasteiger partial charge on any atom is 0.221 e. The van der Waals surface area contributed by atoms with Gasteiger partial charge in [0, 0.05) is 29.4 Å². The summed E-state index contributed by atoms with van der Waals surface area (Å²) < 4.78 is 0. The Bertz CT molecular complexity index is 999. The van der Waals surface area contributed by atoms with Crippen molar-refractivity contribution in [1.82, 2.24) is 0 Å². The van der Waals surface area contributed by atoms with Gasteiger partial charge >= 0.3 is 0 Å². The molecule has 3 aromatic rings. The van der Waals surface area contributed by atoms with Crippen LogP contribution in [0.3, 0.4) is 0 Å². The first kappa shape index (κ1) is 18.7. The fourth-order valence-corrected chi connectivity index (χ4v) is 2.89. The van der Waals surface area contributed by atoms with E-state index in [0.29, 0.717) is 23.4 Å². The number of aromatic hydroxyl groups is 1. The van der Waals surface area contributed by atoms with Crippen molar-refractivity contribution in [2.45, 2.75) is 13.3 Å². The van der Waals surface area contributed by atoms with Crippen LogP contribution in [0.5, 0.6) is 5.75 Å². The quantitative estimate of drug-likeness (QED) is 0.588. The maximum absolute atomic E-state index is 11.2. The molecule has 0 unspecified atom stereocenters. The second-order valence-corrected chi connectivity index (χ2v) is 6.56. The molecule has 1 amide bonds. The monoisotopic (exact) mass is 378 g/mol. The smallest absolute Gasteiger partial charge is 0.221 e. The first-order valence-electron chi connectivity index (χ1n) is 8.48. The van der Waals surface area contributed by atoms with Crippen LogP contribution in [0.1, 0.15) is 23.6 Å². The summed E-state index contributed by atoms with van der Waals surface area (Å²) in [5, 5.41) is 13.6. The van der Waals surface area contributed by atoms with Crippen molar-refractivity contribution < 1.29 is 9.90 Å². The van der Waals surface area contributed by atoms with Crippen molar-refractivity contribution in [1.29, 1.82) is 0 Å². The predicted molar refractivity (Wildman–Crippen MR) is 110 cm³/mol. The number of aliphatic imine (C=N–C) groups is 1. The molecule has 0 aliphatic rings. The van der Waals surface area contributed by atoms with E-state index in [9.17, 15) is 9.90 Å². The number of phenolic OH excluding ortho intramolecular Hbond substituents is 1. The molecule has 0 aliphatic carbocycles. The van der Waals surface area contributed by atoms with Crippen LogP contribution in [-0.4, -0.2) is 17.2 Å². The zero-order valence-electron chi connectivity index (χ0n) is 14.8. The van der Waals surface area contributed by atoms with Gasteiger partial charge in [-0.1, -0.05) is 41.9 Å². The van der Waals surface area contributed by atoms with Crippen LogP contribution in [0.4, 0.5) is 11.4 Å². The molecule has 27 heavy (non-hydrogen) atoms. The second kappa shape index (κ2) is 8.52. The summed E-state index contributed by atoms with van der Waals surface area (Å²) in [6, 6.07) is 20.3. The standard InChI is InChI=1S/C22H19ClN2O2/c1-15(26)25-20-7-4-6-19(13-20)24-14-18-12-16(9-10-22(18)27)11-17-5-2-3-8-21(17)23/h2-10,12-14,27H,11H2,1H3,(H,25,26). The number of hydrogen-bond donors (Lipinski definition) is 2. The van der Waals surface area contributed by atoms with Gasteiger partial charge < -0.3 is 10.4 Å². The Morgan fingerprint density at radius 1 is 1.11 bits per heavy atom. The van der Waals surface area contributed by atoms with Crippen molar-refractivity contribution in [2.24, 2.45) is 4.99 Å². The van der Waals surface area contributed by atoms with E-state index in [0.717, 1.165) is 16.1 Å². The zero-order valence-corrected chi connectivity index (χ0v) is 15.6. The fourth-order valence-electron chi connectivity index (χ4n) is 2.69. The lowest BCUT2D eigenvalue weighted by Gasteiger charge is -2.07. The Balaban J connectivity index is 1.81. The van der Waals surface area contributed by atoms with Crippen molar-refractivity contribution in [3.63, 3.8) is 0 Å². The van der Waals surface area contributed by atoms with E-state index >= 15 is 0 Å².